The van der Waals surface area contributed by atoms with Crippen LogP contribution in [-0.4, -0.2) is 18.9 Å². The average molecular weight is 394 g/mol. The Kier molecular flexibility index (Phi) is 7.93. The second kappa shape index (κ2) is 10.4. The highest BCUT2D eigenvalue weighted by molar-refractivity contribution is 7.71. The summed E-state index contributed by atoms with van der Waals surface area (Å²) in [5, 5.41) is 0. The summed E-state index contributed by atoms with van der Waals surface area (Å²) in [5.41, 5.74) is -0.902. The summed E-state index contributed by atoms with van der Waals surface area (Å²) in [7, 11) is -3.97. The zero-order chi connectivity index (χ0) is 19.0. The number of hydrogen-bond donors (Lipinski definition) is 0. The van der Waals surface area contributed by atoms with Crippen LogP contribution in [0.3, 0.4) is 0 Å². The van der Waals surface area contributed by atoms with Crippen molar-refractivity contribution in [1.29, 1.82) is 0 Å². The summed E-state index contributed by atoms with van der Waals surface area (Å²) in [6, 6.07) is 8.67. The molecule has 0 heterocycles. The number of ether oxygens (including phenoxy) is 1. The molecule has 3 rings (SSSR count). The third-order valence-corrected chi connectivity index (χ3v) is 7.10. The smallest absolute Gasteiger partial charge is 0.417 e. The SMILES string of the molecule is O=C(Oc1ccccc1)P(=O)(OCC1CCCCC1)OCC1CCCCC1. The van der Waals surface area contributed by atoms with Gasteiger partial charge in [-0.2, -0.15) is 0 Å². The van der Waals surface area contributed by atoms with Gasteiger partial charge in [-0.3, -0.25) is 0 Å². The Hall–Kier alpha value is -1.16. The fraction of sp³-hybridized carbons (Fsp3) is 0.667. The number of benzene rings is 1. The number of carbonyl (C=O) groups is 1. The average Bonchev–Trinajstić information content (AvgIpc) is 2.73. The molecule has 6 heteroatoms. The van der Waals surface area contributed by atoms with Crippen molar-refractivity contribution in [2.75, 3.05) is 13.2 Å². The second-order valence-corrected chi connectivity index (χ2v) is 9.65. The predicted molar refractivity (Wildman–Crippen MR) is 105 cm³/mol. The lowest BCUT2D eigenvalue weighted by atomic mass is 9.90. The van der Waals surface area contributed by atoms with Crippen molar-refractivity contribution < 1.29 is 23.1 Å². The van der Waals surface area contributed by atoms with Gasteiger partial charge in [0.05, 0.1) is 13.2 Å². The van der Waals surface area contributed by atoms with E-state index in [1.54, 1.807) is 24.3 Å². The van der Waals surface area contributed by atoms with Gasteiger partial charge in [-0.15, -0.1) is 0 Å². The molecule has 1 aromatic rings. The van der Waals surface area contributed by atoms with E-state index in [0.717, 1.165) is 51.4 Å². The Balaban J connectivity index is 1.62. The quantitative estimate of drug-likeness (QED) is 0.467. The standard InChI is InChI=1S/C21H31O5P/c22-21(26-20-14-8-3-9-15-20)27(23,24-16-18-10-4-1-5-11-18)25-17-19-12-6-2-7-13-19/h3,8-9,14-15,18-19H,1-2,4-7,10-13,16-17H2. The maximum atomic E-state index is 13.3. The minimum Gasteiger partial charge on any atom is -0.417 e. The minimum atomic E-state index is -3.97. The Bertz CT molecular complexity index is 595. The zero-order valence-corrected chi connectivity index (χ0v) is 16.9. The maximum Gasteiger partial charge on any atom is 0.438 e. The van der Waals surface area contributed by atoms with Crippen LogP contribution in [0.4, 0.5) is 4.79 Å². The van der Waals surface area contributed by atoms with E-state index < -0.39 is 13.3 Å². The molecule has 0 N–H and O–H groups in total. The van der Waals surface area contributed by atoms with E-state index in [4.69, 9.17) is 13.8 Å². The number of para-hydroxylation sites is 1. The Morgan fingerprint density at radius 3 is 1.78 bits per heavy atom. The van der Waals surface area contributed by atoms with Crippen molar-refractivity contribution in [2.45, 2.75) is 64.2 Å². The normalized spacial score (nSPS) is 19.7. The van der Waals surface area contributed by atoms with Gasteiger partial charge in [0, 0.05) is 0 Å². The summed E-state index contributed by atoms with van der Waals surface area (Å²) in [5.74, 6) is 1.04. The van der Waals surface area contributed by atoms with Crippen LogP contribution >= 0.6 is 7.60 Å². The molecule has 150 valence electrons. The van der Waals surface area contributed by atoms with Crippen molar-refractivity contribution in [3.8, 4) is 5.75 Å². The fourth-order valence-corrected chi connectivity index (χ4v) is 5.22. The molecule has 1 aromatic carbocycles. The number of rotatable bonds is 8. The molecule has 0 spiro atoms. The van der Waals surface area contributed by atoms with E-state index in [2.05, 4.69) is 0 Å². The molecule has 2 aliphatic carbocycles. The first kappa shape index (κ1) is 20.6. The van der Waals surface area contributed by atoms with Gasteiger partial charge < -0.3 is 13.8 Å². The van der Waals surface area contributed by atoms with Gasteiger partial charge in [0.2, 0.25) is 0 Å². The highest BCUT2D eigenvalue weighted by atomic mass is 31.2. The topological polar surface area (TPSA) is 61.8 Å². The lowest BCUT2D eigenvalue weighted by molar-refractivity contribution is 0.132. The van der Waals surface area contributed by atoms with Gasteiger partial charge in [-0.25, -0.2) is 9.36 Å². The molecule has 2 aliphatic rings. The third-order valence-electron chi connectivity index (χ3n) is 5.58. The van der Waals surface area contributed by atoms with E-state index in [0.29, 0.717) is 30.8 Å². The van der Waals surface area contributed by atoms with Crippen LogP contribution < -0.4 is 4.74 Å². The predicted octanol–water partition coefficient (Wildman–Crippen LogP) is 6.57. The molecule has 0 aliphatic heterocycles. The van der Waals surface area contributed by atoms with Gasteiger partial charge in [-0.1, -0.05) is 56.7 Å². The van der Waals surface area contributed by atoms with Gasteiger partial charge in [-0.05, 0) is 49.7 Å². The maximum absolute atomic E-state index is 13.3. The lowest BCUT2D eigenvalue weighted by Crippen LogP contribution is -2.20. The largest absolute Gasteiger partial charge is 0.438 e. The Morgan fingerprint density at radius 2 is 1.30 bits per heavy atom. The van der Waals surface area contributed by atoms with Crippen LogP contribution in [0.15, 0.2) is 30.3 Å². The lowest BCUT2D eigenvalue weighted by Gasteiger charge is -2.26. The highest BCUT2D eigenvalue weighted by Crippen LogP contribution is 2.51. The summed E-state index contributed by atoms with van der Waals surface area (Å²) in [6.07, 6.45) is 11.3. The van der Waals surface area contributed by atoms with Crippen molar-refractivity contribution in [1.82, 2.24) is 0 Å². The van der Waals surface area contributed by atoms with Crippen molar-refractivity contribution in [2.24, 2.45) is 11.8 Å². The molecule has 0 unspecified atom stereocenters. The van der Waals surface area contributed by atoms with Crippen molar-refractivity contribution >= 4 is 13.3 Å². The molecule has 0 amide bonds. The Morgan fingerprint density at radius 1 is 0.815 bits per heavy atom. The first-order valence-electron chi connectivity index (χ1n) is 10.3. The van der Waals surface area contributed by atoms with Gasteiger partial charge in [0.1, 0.15) is 5.75 Å². The molecule has 0 atom stereocenters. The van der Waals surface area contributed by atoms with Crippen LogP contribution in [0.2, 0.25) is 0 Å². The van der Waals surface area contributed by atoms with Gasteiger partial charge in [0.25, 0.3) is 0 Å². The summed E-state index contributed by atoms with van der Waals surface area (Å²) < 4.78 is 29.9. The molecule has 27 heavy (non-hydrogen) atoms. The van der Waals surface area contributed by atoms with Crippen LogP contribution in [0.5, 0.6) is 5.75 Å². The van der Waals surface area contributed by atoms with Crippen LogP contribution in [0.1, 0.15) is 64.2 Å². The molecular formula is C21H31O5P. The van der Waals surface area contributed by atoms with Gasteiger partial charge in [0.15, 0.2) is 0 Å². The monoisotopic (exact) mass is 394 g/mol. The second-order valence-electron chi connectivity index (χ2n) is 7.78. The first-order chi connectivity index (χ1) is 13.2. The van der Waals surface area contributed by atoms with E-state index in [-0.39, 0.29) is 0 Å². The molecule has 0 aromatic heterocycles. The van der Waals surface area contributed by atoms with Crippen molar-refractivity contribution in [3.63, 3.8) is 0 Å². The van der Waals surface area contributed by atoms with Gasteiger partial charge >= 0.3 is 13.3 Å². The highest BCUT2D eigenvalue weighted by Gasteiger charge is 2.39. The van der Waals surface area contributed by atoms with E-state index in [9.17, 15) is 9.36 Å². The number of carbonyl (C=O) groups excluding carboxylic acids is 1. The molecule has 2 fully saturated rings. The first-order valence-corrected chi connectivity index (χ1v) is 11.9. The summed E-state index contributed by atoms with van der Waals surface area (Å²) in [6.45, 7) is 0.595. The molecule has 0 saturated heterocycles. The molecule has 0 radical (unpaired) electrons. The fourth-order valence-electron chi connectivity index (χ4n) is 3.90. The molecule has 5 nitrogen and oxygen atoms in total. The summed E-state index contributed by atoms with van der Waals surface area (Å²) in [4.78, 5) is 12.6. The molecule has 2 saturated carbocycles. The van der Waals surface area contributed by atoms with Crippen LogP contribution in [0.25, 0.3) is 0 Å². The van der Waals surface area contributed by atoms with E-state index in [1.807, 2.05) is 6.07 Å². The Labute approximate surface area is 162 Å². The zero-order valence-electron chi connectivity index (χ0n) is 16.0. The molecular weight excluding hydrogens is 363 g/mol. The number of hydrogen-bond acceptors (Lipinski definition) is 5. The molecule has 0 bridgehead atoms. The minimum absolute atomic E-state index is 0.297. The van der Waals surface area contributed by atoms with E-state index in [1.165, 1.54) is 12.8 Å². The van der Waals surface area contributed by atoms with Crippen LogP contribution in [-0.2, 0) is 13.6 Å². The van der Waals surface area contributed by atoms with Crippen molar-refractivity contribution in [3.05, 3.63) is 30.3 Å². The third kappa shape index (κ3) is 6.44. The van der Waals surface area contributed by atoms with E-state index >= 15 is 0 Å². The summed E-state index contributed by atoms with van der Waals surface area (Å²) >= 11 is 0. The van der Waals surface area contributed by atoms with Crippen LogP contribution in [0, 0.1) is 11.8 Å².